The van der Waals surface area contributed by atoms with Crippen LogP contribution in [0.5, 0.6) is 0 Å². The summed E-state index contributed by atoms with van der Waals surface area (Å²) >= 11 is 1.55. The molecule has 1 heterocycles. The van der Waals surface area contributed by atoms with Crippen LogP contribution in [0.3, 0.4) is 0 Å². The molecule has 2 N–H and O–H groups in total. The lowest BCUT2D eigenvalue weighted by Gasteiger charge is -2.03. The molecule has 1 aromatic carbocycles. The quantitative estimate of drug-likeness (QED) is 0.830. The largest absolute Gasteiger partial charge is 0.478 e. The predicted molar refractivity (Wildman–Crippen MR) is 85.1 cm³/mol. The first-order chi connectivity index (χ1) is 10.1. The topological polar surface area (TPSA) is 66.4 Å². The Kier molecular flexibility index (Phi) is 5.06. The minimum atomic E-state index is -1.01. The summed E-state index contributed by atoms with van der Waals surface area (Å²) in [6, 6.07) is 10.8. The van der Waals surface area contributed by atoms with Gasteiger partial charge in [0.2, 0.25) is 5.91 Å². The lowest BCUT2D eigenvalue weighted by atomic mass is 10.2. The van der Waals surface area contributed by atoms with Crippen molar-refractivity contribution in [3.8, 4) is 0 Å². The summed E-state index contributed by atoms with van der Waals surface area (Å²) in [7, 11) is 0. The van der Waals surface area contributed by atoms with Crippen LogP contribution in [0.15, 0.2) is 53.9 Å². The SMILES string of the molecule is O=C(O)/C=C/c1cccc(NC(=O)/C=C/c2cccs2)c1. The fourth-order valence-electron chi connectivity index (χ4n) is 1.62. The van der Waals surface area contributed by atoms with Crippen molar-refractivity contribution in [3.05, 3.63) is 64.4 Å². The van der Waals surface area contributed by atoms with Gasteiger partial charge in [0.05, 0.1) is 0 Å². The molecular formula is C16H13NO3S. The Morgan fingerprint density at radius 2 is 1.95 bits per heavy atom. The van der Waals surface area contributed by atoms with Crippen LogP contribution in [-0.4, -0.2) is 17.0 Å². The number of hydrogen-bond donors (Lipinski definition) is 2. The second kappa shape index (κ2) is 7.21. The van der Waals surface area contributed by atoms with Crippen LogP contribution in [0, 0.1) is 0 Å². The van der Waals surface area contributed by atoms with Gasteiger partial charge in [0.1, 0.15) is 0 Å². The van der Waals surface area contributed by atoms with Gasteiger partial charge in [0, 0.05) is 22.7 Å². The number of carbonyl (C=O) groups is 2. The molecule has 0 saturated heterocycles. The van der Waals surface area contributed by atoms with E-state index in [0.29, 0.717) is 11.3 Å². The van der Waals surface area contributed by atoms with Gasteiger partial charge >= 0.3 is 5.97 Å². The van der Waals surface area contributed by atoms with Crippen LogP contribution >= 0.6 is 11.3 Å². The Bertz CT molecular complexity index is 687. The van der Waals surface area contributed by atoms with E-state index in [0.717, 1.165) is 11.0 Å². The van der Waals surface area contributed by atoms with Gasteiger partial charge in [-0.25, -0.2) is 4.79 Å². The Hall–Kier alpha value is -2.66. The molecule has 0 unspecified atom stereocenters. The molecule has 5 heteroatoms. The summed E-state index contributed by atoms with van der Waals surface area (Å²) in [4.78, 5) is 23.3. The van der Waals surface area contributed by atoms with E-state index in [1.165, 1.54) is 12.2 Å². The van der Waals surface area contributed by atoms with Crippen LogP contribution in [-0.2, 0) is 9.59 Å². The Labute approximate surface area is 126 Å². The maximum absolute atomic E-state index is 11.8. The minimum absolute atomic E-state index is 0.234. The summed E-state index contributed by atoms with van der Waals surface area (Å²) in [6.07, 6.45) is 5.73. The zero-order valence-corrected chi connectivity index (χ0v) is 11.8. The number of amides is 1. The van der Waals surface area contributed by atoms with Gasteiger partial charge in [-0.1, -0.05) is 18.2 Å². The molecule has 0 aliphatic carbocycles. The number of hydrogen-bond acceptors (Lipinski definition) is 3. The summed E-state index contributed by atoms with van der Waals surface area (Å²) in [5.41, 5.74) is 1.32. The number of rotatable bonds is 5. The molecule has 1 aromatic heterocycles. The van der Waals surface area contributed by atoms with Crippen molar-refractivity contribution in [2.24, 2.45) is 0 Å². The van der Waals surface area contributed by atoms with Crippen molar-refractivity contribution in [3.63, 3.8) is 0 Å². The van der Waals surface area contributed by atoms with E-state index < -0.39 is 5.97 Å². The monoisotopic (exact) mass is 299 g/mol. The molecule has 0 aliphatic rings. The van der Waals surface area contributed by atoms with Gasteiger partial charge < -0.3 is 10.4 Å². The average molecular weight is 299 g/mol. The molecule has 0 aliphatic heterocycles. The van der Waals surface area contributed by atoms with E-state index in [1.807, 2.05) is 17.5 Å². The van der Waals surface area contributed by atoms with E-state index in [2.05, 4.69) is 5.32 Å². The number of carboxylic acids is 1. The summed E-state index contributed by atoms with van der Waals surface area (Å²) in [5, 5.41) is 13.3. The average Bonchev–Trinajstić information content (AvgIpc) is 2.97. The molecule has 0 bridgehead atoms. The number of aliphatic carboxylic acids is 1. The van der Waals surface area contributed by atoms with E-state index in [-0.39, 0.29) is 5.91 Å². The van der Waals surface area contributed by atoms with Crippen LogP contribution < -0.4 is 5.32 Å². The predicted octanol–water partition coefficient (Wildman–Crippen LogP) is 3.50. The highest BCUT2D eigenvalue weighted by atomic mass is 32.1. The highest BCUT2D eigenvalue weighted by Crippen LogP contribution is 2.13. The number of nitrogens with one attached hydrogen (secondary N) is 1. The molecule has 2 aromatic rings. The summed E-state index contributed by atoms with van der Waals surface area (Å²) in [5.74, 6) is -1.24. The summed E-state index contributed by atoms with van der Waals surface area (Å²) < 4.78 is 0. The maximum atomic E-state index is 11.8. The third kappa shape index (κ3) is 5.08. The van der Waals surface area contributed by atoms with Crippen LogP contribution in [0.25, 0.3) is 12.2 Å². The number of thiophene rings is 1. The second-order valence-corrected chi connectivity index (χ2v) is 5.11. The van der Waals surface area contributed by atoms with Gasteiger partial charge in [-0.2, -0.15) is 0 Å². The van der Waals surface area contributed by atoms with E-state index >= 15 is 0 Å². The molecule has 1 amide bonds. The van der Waals surface area contributed by atoms with Gasteiger partial charge in [0.25, 0.3) is 0 Å². The minimum Gasteiger partial charge on any atom is -0.478 e. The third-order valence-corrected chi connectivity index (χ3v) is 3.35. The first-order valence-corrected chi connectivity index (χ1v) is 7.05. The van der Waals surface area contributed by atoms with Crippen molar-refractivity contribution in [1.29, 1.82) is 0 Å². The maximum Gasteiger partial charge on any atom is 0.328 e. The van der Waals surface area contributed by atoms with Crippen molar-refractivity contribution < 1.29 is 14.7 Å². The molecular weight excluding hydrogens is 286 g/mol. The summed E-state index contributed by atoms with van der Waals surface area (Å²) in [6.45, 7) is 0. The van der Waals surface area contributed by atoms with Crippen LogP contribution in [0.1, 0.15) is 10.4 Å². The third-order valence-electron chi connectivity index (χ3n) is 2.51. The molecule has 0 radical (unpaired) electrons. The van der Waals surface area contributed by atoms with Crippen molar-refractivity contribution in [2.75, 3.05) is 5.32 Å². The highest BCUT2D eigenvalue weighted by molar-refractivity contribution is 7.10. The first-order valence-electron chi connectivity index (χ1n) is 6.17. The molecule has 2 rings (SSSR count). The highest BCUT2D eigenvalue weighted by Gasteiger charge is 1.99. The van der Waals surface area contributed by atoms with Crippen LogP contribution in [0.2, 0.25) is 0 Å². The Balaban J connectivity index is 2.00. The number of carboxylic acid groups (broad SMARTS) is 1. The van der Waals surface area contributed by atoms with Gasteiger partial charge in [-0.15, -0.1) is 11.3 Å². The van der Waals surface area contributed by atoms with Crippen molar-refractivity contribution in [1.82, 2.24) is 0 Å². The molecule has 21 heavy (non-hydrogen) atoms. The molecule has 0 fully saturated rings. The van der Waals surface area contributed by atoms with Crippen molar-refractivity contribution >= 4 is 41.1 Å². The normalized spacial score (nSPS) is 11.0. The van der Waals surface area contributed by atoms with Crippen LogP contribution in [0.4, 0.5) is 5.69 Å². The molecule has 0 atom stereocenters. The smallest absolute Gasteiger partial charge is 0.328 e. The lowest BCUT2D eigenvalue weighted by Crippen LogP contribution is -2.07. The number of benzene rings is 1. The molecule has 0 spiro atoms. The molecule has 4 nitrogen and oxygen atoms in total. The Morgan fingerprint density at radius 1 is 1.10 bits per heavy atom. The standard InChI is InChI=1S/C16H13NO3S/c18-15(8-7-14-5-2-10-21-14)17-13-4-1-3-12(11-13)6-9-16(19)20/h1-11H,(H,17,18)(H,19,20)/b8-7+,9-6+. The van der Waals surface area contributed by atoms with Gasteiger partial charge in [-0.3, -0.25) is 4.79 Å². The van der Waals surface area contributed by atoms with E-state index in [9.17, 15) is 9.59 Å². The number of carbonyl (C=O) groups excluding carboxylic acids is 1. The van der Waals surface area contributed by atoms with Gasteiger partial charge in [-0.05, 0) is 41.3 Å². The van der Waals surface area contributed by atoms with Gasteiger partial charge in [0.15, 0.2) is 0 Å². The molecule has 106 valence electrons. The first kappa shape index (κ1) is 14.7. The molecule has 0 saturated carbocycles. The fraction of sp³-hybridized carbons (Fsp3) is 0. The van der Waals surface area contributed by atoms with E-state index in [4.69, 9.17) is 5.11 Å². The van der Waals surface area contributed by atoms with E-state index in [1.54, 1.807) is 41.7 Å². The Morgan fingerprint density at radius 3 is 2.67 bits per heavy atom. The zero-order valence-electron chi connectivity index (χ0n) is 11.0. The number of anilines is 1. The zero-order chi connectivity index (χ0) is 15.1. The fourth-order valence-corrected chi connectivity index (χ4v) is 2.23. The lowest BCUT2D eigenvalue weighted by molar-refractivity contribution is -0.131. The second-order valence-electron chi connectivity index (χ2n) is 4.14. The van der Waals surface area contributed by atoms with Crippen molar-refractivity contribution in [2.45, 2.75) is 0 Å².